The van der Waals surface area contributed by atoms with E-state index in [0.29, 0.717) is 11.6 Å². The van der Waals surface area contributed by atoms with Crippen molar-refractivity contribution in [3.63, 3.8) is 0 Å². The Bertz CT molecular complexity index is 541. The third-order valence-electron chi connectivity index (χ3n) is 3.07. The van der Waals surface area contributed by atoms with Crippen LogP contribution in [0.5, 0.6) is 5.75 Å². The average Bonchev–Trinajstić information content (AvgIpc) is 2.47. The first-order valence-corrected chi connectivity index (χ1v) is 6.18. The number of nitrogens with zero attached hydrogens (tertiary/aromatic N) is 2. The van der Waals surface area contributed by atoms with E-state index in [1.807, 2.05) is 31.2 Å². The van der Waals surface area contributed by atoms with Gasteiger partial charge in [0.15, 0.2) is 5.82 Å². The van der Waals surface area contributed by atoms with Crippen molar-refractivity contribution in [2.45, 2.75) is 20.3 Å². The van der Waals surface area contributed by atoms with Crippen molar-refractivity contribution in [1.29, 1.82) is 0 Å². The smallest absolute Gasteiger partial charge is 0.161 e. The molecule has 0 aliphatic heterocycles. The van der Waals surface area contributed by atoms with Gasteiger partial charge < -0.3 is 10.2 Å². The quantitative estimate of drug-likeness (QED) is 0.650. The SMILES string of the molecule is CCc1nc(-c2ccc(OC)cc2)nc(NN)c1C. The van der Waals surface area contributed by atoms with Gasteiger partial charge in [-0.05, 0) is 37.6 Å². The summed E-state index contributed by atoms with van der Waals surface area (Å²) in [5.41, 5.74) is 5.55. The lowest BCUT2D eigenvalue weighted by molar-refractivity contribution is 0.415. The lowest BCUT2D eigenvalue weighted by Gasteiger charge is -2.11. The van der Waals surface area contributed by atoms with Crippen LogP contribution in [-0.2, 0) is 6.42 Å². The Hall–Kier alpha value is -2.14. The maximum absolute atomic E-state index is 5.51. The van der Waals surface area contributed by atoms with Gasteiger partial charge in [0.25, 0.3) is 0 Å². The normalized spacial score (nSPS) is 10.3. The molecule has 0 fully saturated rings. The fourth-order valence-corrected chi connectivity index (χ4v) is 1.92. The monoisotopic (exact) mass is 258 g/mol. The number of aromatic nitrogens is 2. The van der Waals surface area contributed by atoms with Gasteiger partial charge in [0.1, 0.15) is 11.6 Å². The van der Waals surface area contributed by atoms with Gasteiger partial charge in [-0.3, -0.25) is 0 Å². The summed E-state index contributed by atoms with van der Waals surface area (Å²) in [7, 11) is 1.64. The lowest BCUT2D eigenvalue weighted by atomic mass is 10.1. The van der Waals surface area contributed by atoms with Crippen LogP contribution in [-0.4, -0.2) is 17.1 Å². The molecule has 1 heterocycles. The second-order valence-corrected chi connectivity index (χ2v) is 4.19. The zero-order chi connectivity index (χ0) is 13.8. The largest absolute Gasteiger partial charge is 0.497 e. The van der Waals surface area contributed by atoms with Crippen LogP contribution in [0.25, 0.3) is 11.4 Å². The molecule has 100 valence electrons. The number of hydrazine groups is 1. The Morgan fingerprint density at radius 2 is 1.89 bits per heavy atom. The maximum Gasteiger partial charge on any atom is 0.161 e. The molecular formula is C14H18N4O. The molecule has 3 N–H and O–H groups in total. The Kier molecular flexibility index (Phi) is 3.97. The Labute approximate surface area is 112 Å². The van der Waals surface area contributed by atoms with Crippen LogP contribution in [0.15, 0.2) is 24.3 Å². The number of aryl methyl sites for hydroxylation is 1. The van der Waals surface area contributed by atoms with E-state index in [0.717, 1.165) is 29.0 Å². The summed E-state index contributed by atoms with van der Waals surface area (Å²) in [5.74, 6) is 7.64. The highest BCUT2D eigenvalue weighted by molar-refractivity contribution is 5.60. The molecule has 2 aromatic rings. The molecule has 1 aromatic carbocycles. The zero-order valence-electron chi connectivity index (χ0n) is 11.4. The van der Waals surface area contributed by atoms with Gasteiger partial charge in [0.2, 0.25) is 0 Å². The van der Waals surface area contributed by atoms with Gasteiger partial charge in [-0.15, -0.1) is 0 Å². The molecule has 0 saturated carbocycles. The minimum absolute atomic E-state index is 0.665. The van der Waals surface area contributed by atoms with E-state index < -0.39 is 0 Å². The van der Waals surface area contributed by atoms with E-state index in [1.165, 1.54) is 0 Å². The van der Waals surface area contributed by atoms with E-state index >= 15 is 0 Å². The minimum atomic E-state index is 0.665. The van der Waals surface area contributed by atoms with Crippen LogP contribution in [0, 0.1) is 6.92 Å². The van der Waals surface area contributed by atoms with Crippen molar-refractivity contribution >= 4 is 5.82 Å². The third-order valence-corrected chi connectivity index (χ3v) is 3.07. The second kappa shape index (κ2) is 5.67. The number of hydrogen-bond acceptors (Lipinski definition) is 5. The molecule has 0 bridgehead atoms. The summed E-state index contributed by atoms with van der Waals surface area (Å²) >= 11 is 0. The number of ether oxygens (including phenoxy) is 1. The molecule has 0 radical (unpaired) electrons. The summed E-state index contributed by atoms with van der Waals surface area (Å²) in [6, 6.07) is 7.64. The van der Waals surface area contributed by atoms with Crippen molar-refractivity contribution in [3.05, 3.63) is 35.5 Å². The van der Waals surface area contributed by atoms with Crippen LogP contribution in [0.4, 0.5) is 5.82 Å². The molecule has 5 nitrogen and oxygen atoms in total. The summed E-state index contributed by atoms with van der Waals surface area (Å²) in [4.78, 5) is 9.01. The number of nitrogen functional groups attached to an aromatic ring is 1. The van der Waals surface area contributed by atoms with Gasteiger partial charge >= 0.3 is 0 Å². The summed E-state index contributed by atoms with van der Waals surface area (Å²) in [6.07, 6.45) is 0.839. The van der Waals surface area contributed by atoms with Gasteiger partial charge in [0, 0.05) is 16.8 Å². The third kappa shape index (κ3) is 2.66. The topological polar surface area (TPSA) is 73.1 Å². The van der Waals surface area contributed by atoms with Crippen LogP contribution in [0.2, 0.25) is 0 Å². The Morgan fingerprint density at radius 3 is 2.42 bits per heavy atom. The summed E-state index contributed by atoms with van der Waals surface area (Å²) in [6.45, 7) is 4.03. The van der Waals surface area contributed by atoms with Crippen LogP contribution >= 0.6 is 0 Å². The molecule has 0 amide bonds. The molecule has 0 saturated heterocycles. The zero-order valence-corrected chi connectivity index (χ0v) is 11.4. The van der Waals surface area contributed by atoms with Gasteiger partial charge in [-0.1, -0.05) is 6.92 Å². The van der Waals surface area contributed by atoms with Crippen molar-refractivity contribution in [1.82, 2.24) is 9.97 Å². The molecule has 0 atom stereocenters. The molecule has 0 aliphatic carbocycles. The van der Waals surface area contributed by atoms with E-state index in [1.54, 1.807) is 7.11 Å². The van der Waals surface area contributed by atoms with E-state index in [4.69, 9.17) is 10.6 Å². The van der Waals surface area contributed by atoms with E-state index in [9.17, 15) is 0 Å². The van der Waals surface area contributed by atoms with Crippen molar-refractivity contribution in [3.8, 4) is 17.1 Å². The predicted octanol–water partition coefficient (Wildman–Crippen LogP) is 2.31. The fourth-order valence-electron chi connectivity index (χ4n) is 1.92. The Balaban J connectivity index is 2.48. The maximum atomic E-state index is 5.51. The molecule has 19 heavy (non-hydrogen) atoms. The number of hydrogen-bond donors (Lipinski definition) is 2. The van der Waals surface area contributed by atoms with Crippen LogP contribution < -0.4 is 16.0 Å². The molecule has 5 heteroatoms. The van der Waals surface area contributed by atoms with Gasteiger partial charge in [-0.25, -0.2) is 15.8 Å². The first-order chi connectivity index (χ1) is 9.19. The lowest BCUT2D eigenvalue weighted by Crippen LogP contribution is -2.13. The first kappa shape index (κ1) is 13.3. The highest BCUT2D eigenvalue weighted by Crippen LogP contribution is 2.23. The molecule has 2 rings (SSSR count). The van der Waals surface area contributed by atoms with Crippen molar-refractivity contribution in [2.24, 2.45) is 5.84 Å². The average molecular weight is 258 g/mol. The number of nitrogens with two attached hydrogens (primary N) is 1. The molecule has 0 unspecified atom stereocenters. The van der Waals surface area contributed by atoms with E-state index in [-0.39, 0.29) is 0 Å². The number of rotatable bonds is 4. The van der Waals surface area contributed by atoms with Gasteiger partial charge in [0.05, 0.1) is 7.11 Å². The number of benzene rings is 1. The summed E-state index contributed by atoms with van der Waals surface area (Å²) in [5, 5.41) is 0. The number of nitrogens with one attached hydrogen (secondary N) is 1. The van der Waals surface area contributed by atoms with Crippen molar-refractivity contribution < 1.29 is 4.74 Å². The fraction of sp³-hybridized carbons (Fsp3) is 0.286. The highest BCUT2D eigenvalue weighted by Gasteiger charge is 2.10. The first-order valence-electron chi connectivity index (χ1n) is 6.18. The van der Waals surface area contributed by atoms with Gasteiger partial charge in [-0.2, -0.15) is 0 Å². The number of anilines is 1. The molecular weight excluding hydrogens is 240 g/mol. The van der Waals surface area contributed by atoms with E-state index in [2.05, 4.69) is 22.3 Å². The van der Waals surface area contributed by atoms with Crippen LogP contribution in [0.1, 0.15) is 18.2 Å². The minimum Gasteiger partial charge on any atom is -0.497 e. The number of methoxy groups -OCH3 is 1. The van der Waals surface area contributed by atoms with Crippen LogP contribution in [0.3, 0.4) is 0 Å². The Morgan fingerprint density at radius 1 is 1.21 bits per heavy atom. The standard InChI is InChI=1S/C14H18N4O/c1-4-12-9(2)13(18-15)17-14(16-12)10-5-7-11(19-3)8-6-10/h5-8H,4,15H2,1-3H3,(H,16,17,18). The summed E-state index contributed by atoms with van der Waals surface area (Å²) < 4.78 is 5.14. The molecule has 0 spiro atoms. The highest BCUT2D eigenvalue weighted by atomic mass is 16.5. The van der Waals surface area contributed by atoms with Crippen molar-refractivity contribution in [2.75, 3.05) is 12.5 Å². The molecule has 1 aromatic heterocycles. The molecule has 0 aliphatic rings. The predicted molar refractivity (Wildman–Crippen MR) is 75.9 cm³/mol. The second-order valence-electron chi connectivity index (χ2n) is 4.19.